The minimum Gasteiger partial charge on any atom is -0.390 e. The van der Waals surface area contributed by atoms with Crippen molar-refractivity contribution in [2.24, 2.45) is 0 Å². The van der Waals surface area contributed by atoms with E-state index in [0.29, 0.717) is 45.5 Å². The van der Waals surface area contributed by atoms with Crippen molar-refractivity contribution in [3.63, 3.8) is 0 Å². The number of carbonyl (C=O) groups is 4. The molecule has 0 unspecified atom stereocenters. The Morgan fingerprint density at radius 2 is 1.02 bits per heavy atom. The highest BCUT2D eigenvalue weighted by Crippen LogP contribution is 2.40. The maximum Gasteiger partial charge on any atom is 0.261 e. The van der Waals surface area contributed by atoms with E-state index in [4.69, 9.17) is 5.11 Å². The van der Waals surface area contributed by atoms with Crippen molar-refractivity contribution in [1.82, 2.24) is 40.1 Å². The second kappa shape index (κ2) is 15.2. The average Bonchev–Trinajstić information content (AvgIpc) is 4.19. The van der Waals surface area contributed by atoms with Crippen molar-refractivity contribution in [3.05, 3.63) is 155 Å². The molecule has 2 aromatic carbocycles. The minimum absolute atomic E-state index is 0.0664. The fourth-order valence-corrected chi connectivity index (χ4v) is 6.30. The highest BCUT2D eigenvalue weighted by molar-refractivity contribution is 6.22. The summed E-state index contributed by atoms with van der Waals surface area (Å²) in [6.07, 6.45) is 11.5. The molecular formula is C42H34N8O5. The Morgan fingerprint density at radius 1 is 0.564 bits per heavy atom. The predicted molar refractivity (Wildman–Crippen MR) is 199 cm³/mol. The molecule has 2 N–H and O–H groups in total. The molecule has 0 atom stereocenters. The first kappa shape index (κ1) is 35.2. The maximum atomic E-state index is 12.5. The van der Waals surface area contributed by atoms with E-state index < -0.39 is 0 Å². The fraction of sp³-hybridized carbons (Fsp3) is 0.190. The molecule has 4 aliphatic rings. The first-order chi connectivity index (χ1) is 26.9. The third-order valence-electron chi connectivity index (χ3n) is 9.61. The molecule has 0 spiro atoms. The molecule has 6 heterocycles. The summed E-state index contributed by atoms with van der Waals surface area (Å²) in [6.45, 7) is 0.0541. The number of amides is 4. The van der Waals surface area contributed by atoms with Crippen LogP contribution in [0.1, 0.15) is 102 Å². The van der Waals surface area contributed by atoms with E-state index in [9.17, 15) is 19.2 Å². The minimum atomic E-state index is -0.300. The molecule has 272 valence electrons. The summed E-state index contributed by atoms with van der Waals surface area (Å²) >= 11 is 0. The zero-order valence-corrected chi connectivity index (χ0v) is 29.5. The van der Waals surface area contributed by atoms with Gasteiger partial charge in [0.2, 0.25) is 0 Å². The number of imide groups is 2. The first-order valence-corrected chi connectivity index (χ1v) is 17.9. The Bertz CT molecular complexity index is 2360. The van der Waals surface area contributed by atoms with Crippen molar-refractivity contribution in [1.29, 1.82) is 0 Å². The second-order valence-electron chi connectivity index (χ2n) is 13.5. The lowest BCUT2D eigenvalue weighted by atomic mass is 10.1. The highest BCUT2D eigenvalue weighted by atomic mass is 16.3. The van der Waals surface area contributed by atoms with Crippen LogP contribution in [0.5, 0.6) is 0 Å². The lowest BCUT2D eigenvalue weighted by molar-refractivity contribution is 0.0639. The number of hydrogen-bond donors (Lipinski definition) is 2. The Hall–Kier alpha value is -6.86. The Labute approximate surface area is 315 Å². The molecule has 0 bridgehead atoms. The number of aromatic nitrogens is 6. The Morgan fingerprint density at radius 3 is 1.45 bits per heavy atom. The molecule has 2 aliphatic heterocycles. The smallest absolute Gasteiger partial charge is 0.261 e. The van der Waals surface area contributed by atoms with Crippen LogP contribution < -0.4 is 5.32 Å². The molecule has 13 heteroatoms. The molecular weight excluding hydrogens is 697 g/mol. The van der Waals surface area contributed by atoms with Gasteiger partial charge in [0.15, 0.2) is 0 Å². The topological polar surface area (TPSA) is 181 Å². The van der Waals surface area contributed by atoms with Gasteiger partial charge in [-0.25, -0.2) is 19.9 Å². The SMILES string of the molecule is O=C1NC(=O)c2ccccc21.O=C1c2ccccc2C(=O)N1Cc1cc(-c2ccc(C3CC3)nc2)ncn1.OCc1cc(-c2ccc(C3CC3)nc2)ncn1. The lowest BCUT2D eigenvalue weighted by Crippen LogP contribution is -2.29. The molecule has 4 amide bonds. The van der Waals surface area contributed by atoms with E-state index in [1.165, 1.54) is 48.9 Å². The van der Waals surface area contributed by atoms with Gasteiger partial charge >= 0.3 is 0 Å². The number of rotatable bonds is 7. The van der Waals surface area contributed by atoms with Crippen LogP contribution in [0.4, 0.5) is 0 Å². The fourth-order valence-electron chi connectivity index (χ4n) is 6.30. The van der Waals surface area contributed by atoms with Crippen molar-refractivity contribution in [2.45, 2.75) is 50.7 Å². The molecule has 0 radical (unpaired) electrons. The number of nitrogens with zero attached hydrogens (tertiary/aromatic N) is 7. The molecule has 2 saturated carbocycles. The third kappa shape index (κ3) is 7.78. The largest absolute Gasteiger partial charge is 0.390 e. The van der Waals surface area contributed by atoms with E-state index in [0.717, 1.165) is 28.2 Å². The monoisotopic (exact) mass is 730 g/mol. The van der Waals surface area contributed by atoms with Crippen LogP contribution in [0.15, 0.2) is 110 Å². The van der Waals surface area contributed by atoms with Gasteiger partial charge in [-0.1, -0.05) is 24.3 Å². The summed E-state index contributed by atoms with van der Waals surface area (Å²) in [5.74, 6) is 0.102. The maximum absolute atomic E-state index is 12.5. The number of benzene rings is 2. The van der Waals surface area contributed by atoms with Crippen molar-refractivity contribution in [2.75, 3.05) is 0 Å². The summed E-state index contributed by atoms with van der Waals surface area (Å²) in [7, 11) is 0. The van der Waals surface area contributed by atoms with Crippen LogP contribution in [-0.2, 0) is 13.2 Å². The molecule has 6 aromatic rings. The van der Waals surface area contributed by atoms with E-state index in [1.54, 1.807) is 60.7 Å². The Kier molecular flexibility index (Phi) is 9.75. The van der Waals surface area contributed by atoms with E-state index in [2.05, 4.69) is 41.3 Å². The van der Waals surface area contributed by atoms with Gasteiger partial charge in [0.05, 0.1) is 58.2 Å². The molecule has 10 rings (SSSR count). The standard InChI is InChI=1S/C21H16N4O2.C13H13N3O.C8H5NO2/c26-20-16-3-1-2-4-17(16)21(27)25(20)11-15-9-19(24-12-23-15)14-7-8-18(22-10-14)13-5-6-13;17-7-11-5-13(16-8-15-11)10-3-4-12(14-6-10)9-1-2-9;10-7-5-3-1-2-4-6(5)8(11)9-7/h1-4,7-10,12-13H,5-6,11H2;3-6,8-9,17H,1-2,7H2;1-4H,(H,9,10,11). The molecule has 0 saturated heterocycles. The normalized spacial score (nSPS) is 15.3. The molecule has 2 aliphatic carbocycles. The summed E-state index contributed by atoms with van der Waals surface area (Å²) < 4.78 is 0. The number of fused-ring (bicyclic) bond motifs is 2. The van der Waals surface area contributed by atoms with E-state index in [-0.39, 0.29) is 36.8 Å². The molecule has 2 fully saturated rings. The van der Waals surface area contributed by atoms with Gasteiger partial charge in [0.25, 0.3) is 23.6 Å². The van der Waals surface area contributed by atoms with Crippen LogP contribution >= 0.6 is 0 Å². The first-order valence-electron chi connectivity index (χ1n) is 17.9. The number of nitrogens with one attached hydrogen (secondary N) is 1. The van der Waals surface area contributed by atoms with Gasteiger partial charge in [-0.05, 0) is 86.3 Å². The van der Waals surface area contributed by atoms with Crippen LogP contribution in [0.25, 0.3) is 22.5 Å². The zero-order chi connectivity index (χ0) is 37.9. The lowest BCUT2D eigenvalue weighted by Gasteiger charge is -2.13. The number of hydrogen-bond acceptors (Lipinski definition) is 11. The third-order valence-corrected chi connectivity index (χ3v) is 9.61. The van der Waals surface area contributed by atoms with Crippen molar-refractivity contribution in [3.8, 4) is 22.5 Å². The summed E-state index contributed by atoms with van der Waals surface area (Å²) in [6, 6.07) is 25.3. The highest BCUT2D eigenvalue weighted by Gasteiger charge is 2.35. The number of pyridine rings is 2. The molecule has 13 nitrogen and oxygen atoms in total. The summed E-state index contributed by atoms with van der Waals surface area (Å²) in [5, 5.41) is 11.2. The molecule has 55 heavy (non-hydrogen) atoms. The average molecular weight is 731 g/mol. The van der Waals surface area contributed by atoms with E-state index in [1.807, 2.05) is 30.6 Å². The van der Waals surface area contributed by atoms with Crippen LogP contribution in [-0.4, -0.2) is 63.5 Å². The summed E-state index contributed by atoms with van der Waals surface area (Å²) in [4.78, 5) is 73.8. The van der Waals surface area contributed by atoms with Gasteiger partial charge in [0.1, 0.15) is 12.7 Å². The van der Waals surface area contributed by atoms with Crippen LogP contribution in [0.3, 0.4) is 0 Å². The summed E-state index contributed by atoms with van der Waals surface area (Å²) in [5.41, 5.74) is 8.75. The van der Waals surface area contributed by atoms with Crippen molar-refractivity contribution < 1.29 is 24.3 Å². The number of carbonyl (C=O) groups excluding carboxylic acids is 4. The van der Waals surface area contributed by atoms with Gasteiger partial charge in [0, 0.05) is 46.7 Å². The van der Waals surface area contributed by atoms with E-state index >= 15 is 0 Å². The van der Waals surface area contributed by atoms with Gasteiger partial charge < -0.3 is 5.11 Å². The quantitative estimate of drug-likeness (QED) is 0.193. The number of aliphatic hydroxyl groups is 1. The number of aliphatic hydroxyl groups excluding tert-OH is 1. The Balaban J connectivity index is 0.000000130. The molecule has 4 aromatic heterocycles. The second-order valence-corrected chi connectivity index (χ2v) is 13.5. The zero-order valence-electron chi connectivity index (χ0n) is 29.5. The van der Waals surface area contributed by atoms with Crippen molar-refractivity contribution >= 4 is 23.6 Å². The van der Waals surface area contributed by atoms with Gasteiger partial charge in [-0.3, -0.25) is 39.4 Å². The van der Waals surface area contributed by atoms with Crippen LogP contribution in [0, 0.1) is 0 Å². The van der Waals surface area contributed by atoms with Gasteiger partial charge in [-0.2, -0.15) is 0 Å². The predicted octanol–water partition coefficient (Wildman–Crippen LogP) is 5.69. The van der Waals surface area contributed by atoms with Crippen LogP contribution in [0.2, 0.25) is 0 Å². The van der Waals surface area contributed by atoms with Gasteiger partial charge in [-0.15, -0.1) is 0 Å².